The number of benzene rings is 2. The quantitative estimate of drug-likeness (QED) is 0.758. The molecule has 0 spiro atoms. The van der Waals surface area contributed by atoms with Crippen LogP contribution >= 0.6 is 0 Å². The van der Waals surface area contributed by atoms with Gasteiger partial charge in [0, 0.05) is 17.7 Å². The molecule has 2 aromatic carbocycles. The molecule has 2 amide bonds. The fourth-order valence-corrected chi connectivity index (χ4v) is 2.64. The van der Waals surface area contributed by atoms with Gasteiger partial charge in [0.15, 0.2) is 0 Å². The van der Waals surface area contributed by atoms with Crippen LogP contribution in [0.25, 0.3) is 0 Å². The Kier molecular flexibility index (Phi) is 7.17. The Bertz CT molecular complexity index is 732. The van der Waals surface area contributed by atoms with Crippen LogP contribution in [-0.2, 0) is 4.79 Å². The molecule has 0 saturated heterocycles. The third-order valence-corrected chi connectivity index (χ3v) is 4.06. The lowest BCUT2D eigenvalue weighted by atomic mass is 10.0. The summed E-state index contributed by atoms with van der Waals surface area (Å²) in [5, 5.41) is 5.49. The highest BCUT2D eigenvalue weighted by Crippen LogP contribution is 2.27. The van der Waals surface area contributed by atoms with E-state index in [9.17, 15) is 9.59 Å². The van der Waals surface area contributed by atoms with Gasteiger partial charge in [0.05, 0.1) is 19.7 Å². The molecule has 26 heavy (non-hydrogen) atoms. The van der Waals surface area contributed by atoms with Crippen LogP contribution in [0.2, 0.25) is 0 Å². The first-order valence-corrected chi connectivity index (χ1v) is 8.42. The van der Waals surface area contributed by atoms with Crippen molar-refractivity contribution in [2.24, 2.45) is 0 Å². The summed E-state index contributed by atoms with van der Waals surface area (Å²) in [6.45, 7) is 0.340. The van der Waals surface area contributed by atoms with Crippen LogP contribution in [0.1, 0.15) is 22.0 Å². The average Bonchev–Trinajstić information content (AvgIpc) is 2.67. The number of likely N-dealkylation sites (N-methyl/N-ethyl adjacent to an activating group) is 1. The molecule has 0 aliphatic heterocycles. The summed E-state index contributed by atoms with van der Waals surface area (Å²) >= 11 is 0. The molecule has 1 atom stereocenters. The minimum atomic E-state index is -0.269. The minimum Gasteiger partial charge on any atom is -0.496 e. The van der Waals surface area contributed by atoms with Crippen LogP contribution in [0, 0.1) is 0 Å². The van der Waals surface area contributed by atoms with Crippen LogP contribution in [0.3, 0.4) is 0 Å². The van der Waals surface area contributed by atoms with Gasteiger partial charge in [-0.15, -0.1) is 0 Å². The van der Waals surface area contributed by atoms with E-state index in [1.54, 1.807) is 31.4 Å². The van der Waals surface area contributed by atoms with E-state index in [-0.39, 0.29) is 24.4 Å². The number of carbonyl (C=O) groups excluding carboxylic acids is 2. The predicted octanol–water partition coefficient (Wildman–Crippen LogP) is 1.84. The third kappa shape index (κ3) is 5.32. The van der Waals surface area contributed by atoms with Gasteiger partial charge in [-0.25, -0.2) is 0 Å². The standard InChI is InChI=1S/C20H25N3O3/c1-23(2)17(16-11-7-8-12-18(16)26-3)13-21-19(24)14-22-20(25)15-9-5-4-6-10-15/h4-12,17H,13-14H2,1-3H3,(H,21,24)(H,22,25). The first kappa shape index (κ1) is 19.5. The molecule has 6 heteroatoms. The zero-order chi connectivity index (χ0) is 18.9. The highest BCUT2D eigenvalue weighted by molar-refractivity contribution is 5.96. The van der Waals surface area contributed by atoms with Crippen molar-refractivity contribution in [3.05, 3.63) is 65.7 Å². The van der Waals surface area contributed by atoms with E-state index in [2.05, 4.69) is 10.6 Å². The van der Waals surface area contributed by atoms with Crippen molar-refractivity contribution < 1.29 is 14.3 Å². The minimum absolute atomic E-state index is 0.0417. The second-order valence-corrected chi connectivity index (χ2v) is 6.07. The van der Waals surface area contributed by atoms with E-state index >= 15 is 0 Å². The van der Waals surface area contributed by atoms with Crippen molar-refractivity contribution in [1.29, 1.82) is 0 Å². The van der Waals surface area contributed by atoms with Crippen molar-refractivity contribution >= 4 is 11.8 Å². The molecule has 0 aliphatic carbocycles. The lowest BCUT2D eigenvalue weighted by Crippen LogP contribution is -2.40. The van der Waals surface area contributed by atoms with Crippen molar-refractivity contribution in [1.82, 2.24) is 15.5 Å². The summed E-state index contributed by atoms with van der Waals surface area (Å²) in [4.78, 5) is 26.1. The number of para-hydroxylation sites is 1. The normalized spacial score (nSPS) is 11.7. The Balaban J connectivity index is 1.90. The zero-order valence-corrected chi connectivity index (χ0v) is 15.4. The summed E-state index contributed by atoms with van der Waals surface area (Å²) < 4.78 is 5.41. The number of hydrogen-bond donors (Lipinski definition) is 2. The molecule has 138 valence electrons. The Morgan fingerprint density at radius 2 is 1.65 bits per heavy atom. The van der Waals surface area contributed by atoms with Crippen LogP contribution in [-0.4, -0.2) is 51.0 Å². The van der Waals surface area contributed by atoms with Gasteiger partial charge in [0.2, 0.25) is 5.91 Å². The molecule has 0 aromatic heterocycles. The summed E-state index contributed by atoms with van der Waals surface area (Å²) in [5.41, 5.74) is 1.52. The maximum Gasteiger partial charge on any atom is 0.251 e. The number of ether oxygens (including phenoxy) is 1. The van der Waals surface area contributed by atoms with Crippen molar-refractivity contribution in [2.45, 2.75) is 6.04 Å². The number of nitrogens with one attached hydrogen (secondary N) is 2. The van der Waals surface area contributed by atoms with Crippen molar-refractivity contribution in [3.8, 4) is 5.75 Å². The van der Waals surface area contributed by atoms with Gasteiger partial charge in [0.1, 0.15) is 5.75 Å². The maximum atomic E-state index is 12.1. The SMILES string of the molecule is COc1ccccc1C(CNC(=O)CNC(=O)c1ccccc1)N(C)C. The molecule has 2 aromatic rings. The van der Waals surface area contributed by atoms with Crippen LogP contribution in [0.15, 0.2) is 54.6 Å². The molecule has 2 rings (SSSR count). The highest BCUT2D eigenvalue weighted by atomic mass is 16.5. The Hall–Kier alpha value is -2.86. The summed E-state index contributed by atoms with van der Waals surface area (Å²) in [7, 11) is 5.52. The lowest BCUT2D eigenvalue weighted by Gasteiger charge is -2.26. The van der Waals surface area contributed by atoms with E-state index in [1.807, 2.05) is 49.3 Å². The lowest BCUT2D eigenvalue weighted by molar-refractivity contribution is -0.120. The Morgan fingerprint density at radius 3 is 2.31 bits per heavy atom. The van der Waals surface area contributed by atoms with Gasteiger partial charge in [-0.1, -0.05) is 36.4 Å². The monoisotopic (exact) mass is 355 g/mol. The molecule has 0 bridgehead atoms. The number of rotatable bonds is 8. The number of nitrogens with zero attached hydrogens (tertiary/aromatic N) is 1. The molecule has 0 fully saturated rings. The Morgan fingerprint density at radius 1 is 1.00 bits per heavy atom. The summed E-state index contributed by atoms with van der Waals surface area (Å²) in [6, 6.07) is 16.5. The largest absolute Gasteiger partial charge is 0.496 e. The number of methoxy groups -OCH3 is 1. The fourth-order valence-electron chi connectivity index (χ4n) is 2.64. The van der Waals surface area contributed by atoms with Gasteiger partial charge in [-0.05, 0) is 32.3 Å². The van der Waals surface area contributed by atoms with Gasteiger partial charge in [-0.2, -0.15) is 0 Å². The predicted molar refractivity (Wildman–Crippen MR) is 101 cm³/mol. The van der Waals surface area contributed by atoms with Crippen LogP contribution < -0.4 is 15.4 Å². The van der Waals surface area contributed by atoms with E-state index in [0.717, 1.165) is 11.3 Å². The molecular weight excluding hydrogens is 330 g/mol. The number of hydrogen-bond acceptors (Lipinski definition) is 4. The van der Waals surface area contributed by atoms with Crippen LogP contribution in [0.5, 0.6) is 5.75 Å². The van der Waals surface area contributed by atoms with E-state index < -0.39 is 0 Å². The third-order valence-electron chi connectivity index (χ3n) is 4.06. The summed E-state index contributed by atoms with van der Waals surface area (Å²) in [6.07, 6.45) is 0. The first-order valence-electron chi connectivity index (χ1n) is 8.42. The maximum absolute atomic E-state index is 12.1. The van der Waals surface area contributed by atoms with E-state index in [0.29, 0.717) is 12.1 Å². The molecule has 0 aliphatic rings. The van der Waals surface area contributed by atoms with E-state index in [4.69, 9.17) is 4.74 Å². The van der Waals surface area contributed by atoms with Crippen molar-refractivity contribution in [2.75, 3.05) is 34.3 Å². The smallest absolute Gasteiger partial charge is 0.251 e. The highest BCUT2D eigenvalue weighted by Gasteiger charge is 2.19. The molecule has 0 heterocycles. The van der Waals surface area contributed by atoms with Crippen molar-refractivity contribution in [3.63, 3.8) is 0 Å². The average molecular weight is 355 g/mol. The van der Waals surface area contributed by atoms with E-state index in [1.165, 1.54) is 0 Å². The molecular formula is C20H25N3O3. The topological polar surface area (TPSA) is 70.7 Å². The second-order valence-electron chi connectivity index (χ2n) is 6.07. The molecule has 6 nitrogen and oxygen atoms in total. The fraction of sp³-hybridized carbons (Fsp3) is 0.300. The zero-order valence-electron chi connectivity index (χ0n) is 15.4. The van der Waals surface area contributed by atoms with Gasteiger partial charge in [0.25, 0.3) is 5.91 Å². The first-order chi connectivity index (χ1) is 12.5. The van der Waals surface area contributed by atoms with Gasteiger partial charge < -0.3 is 20.3 Å². The van der Waals surface area contributed by atoms with Gasteiger partial charge >= 0.3 is 0 Å². The molecule has 2 N–H and O–H groups in total. The second kappa shape index (κ2) is 9.58. The molecule has 0 saturated carbocycles. The van der Waals surface area contributed by atoms with Crippen LogP contribution in [0.4, 0.5) is 0 Å². The number of carbonyl (C=O) groups is 2. The molecule has 1 unspecified atom stereocenters. The summed E-state index contributed by atoms with van der Waals surface area (Å²) in [5.74, 6) is 0.267. The number of amides is 2. The Labute approximate surface area is 154 Å². The van der Waals surface area contributed by atoms with Gasteiger partial charge in [-0.3, -0.25) is 9.59 Å². The molecule has 0 radical (unpaired) electrons.